The molecule has 2 aliphatic rings. The highest BCUT2D eigenvalue weighted by Gasteiger charge is 2.16. The van der Waals surface area contributed by atoms with Crippen LogP contribution in [0.4, 0.5) is 0 Å². The normalized spacial score (nSPS) is 25.9. The Morgan fingerprint density at radius 2 is 1.88 bits per heavy atom. The average Bonchev–Trinajstić information content (AvgIpc) is 2.39. The van der Waals surface area contributed by atoms with Crippen LogP contribution in [-0.2, 0) is 0 Å². The summed E-state index contributed by atoms with van der Waals surface area (Å²) in [6.07, 6.45) is 7.13. The van der Waals surface area contributed by atoms with Gasteiger partial charge >= 0.3 is 0 Å². The Labute approximate surface area is 106 Å². The monoisotopic (exact) mass is 239 g/mol. The summed E-state index contributed by atoms with van der Waals surface area (Å²) in [4.78, 5) is 2.60. The summed E-state index contributed by atoms with van der Waals surface area (Å²) < 4.78 is 0. The molecule has 3 nitrogen and oxygen atoms in total. The van der Waals surface area contributed by atoms with E-state index in [1.54, 1.807) is 0 Å². The van der Waals surface area contributed by atoms with Crippen LogP contribution < -0.4 is 10.6 Å². The fraction of sp³-hybridized carbons (Fsp3) is 1.00. The first kappa shape index (κ1) is 13.3. The molecule has 0 spiro atoms. The molecule has 0 radical (unpaired) electrons. The minimum atomic E-state index is 0.787. The molecule has 1 saturated heterocycles. The lowest BCUT2D eigenvalue weighted by Gasteiger charge is -2.31. The first-order valence-electron chi connectivity index (χ1n) is 7.51. The van der Waals surface area contributed by atoms with Crippen LogP contribution in [0.15, 0.2) is 0 Å². The van der Waals surface area contributed by atoms with Crippen LogP contribution in [0.25, 0.3) is 0 Å². The molecule has 1 unspecified atom stereocenters. The molecule has 1 heterocycles. The summed E-state index contributed by atoms with van der Waals surface area (Å²) in [5.41, 5.74) is 0. The van der Waals surface area contributed by atoms with Gasteiger partial charge in [-0.05, 0) is 25.3 Å². The summed E-state index contributed by atoms with van der Waals surface area (Å²) in [5.74, 6) is 0.787. The Morgan fingerprint density at radius 3 is 2.59 bits per heavy atom. The lowest BCUT2D eigenvalue weighted by atomic mass is 9.95. The van der Waals surface area contributed by atoms with E-state index in [0.29, 0.717) is 0 Å². The van der Waals surface area contributed by atoms with E-state index in [1.807, 2.05) is 0 Å². The van der Waals surface area contributed by atoms with Crippen molar-refractivity contribution in [2.24, 2.45) is 5.92 Å². The predicted octanol–water partition coefficient (Wildman–Crippen LogP) is 1.45. The molecule has 2 fully saturated rings. The average molecular weight is 239 g/mol. The fourth-order valence-electron chi connectivity index (χ4n) is 3.07. The van der Waals surface area contributed by atoms with Crippen LogP contribution in [-0.4, -0.2) is 50.2 Å². The van der Waals surface area contributed by atoms with Crippen LogP contribution in [0.3, 0.4) is 0 Å². The summed E-state index contributed by atoms with van der Waals surface area (Å²) in [6, 6.07) is 0.814. The van der Waals surface area contributed by atoms with Crippen molar-refractivity contribution in [3.05, 3.63) is 0 Å². The maximum Gasteiger partial charge on any atom is 0.0107 e. The molecule has 1 aliphatic carbocycles. The molecule has 0 bridgehead atoms. The smallest absolute Gasteiger partial charge is 0.0107 e. The SMILES string of the molecule is CC(CNC1CCCCC1)CN1CCNCC1. The second kappa shape index (κ2) is 7.34. The molecule has 0 amide bonds. The maximum atomic E-state index is 3.77. The molecular formula is C14H29N3. The Kier molecular flexibility index (Phi) is 5.75. The Morgan fingerprint density at radius 1 is 1.18 bits per heavy atom. The van der Waals surface area contributed by atoms with E-state index in [0.717, 1.165) is 12.0 Å². The zero-order valence-electron chi connectivity index (χ0n) is 11.4. The van der Waals surface area contributed by atoms with Crippen molar-refractivity contribution in [1.82, 2.24) is 15.5 Å². The molecule has 17 heavy (non-hydrogen) atoms. The van der Waals surface area contributed by atoms with Gasteiger partial charge in [0, 0.05) is 38.8 Å². The Hall–Kier alpha value is -0.120. The van der Waals surface area contributed by atoms with Crippen molar-refractivity contribution >= 4 is 0 Å². The van der Waals surface area contributed by atoms with Gasteiger partial charge in [0.2, 0.25) is 0 Å². The fourth-order valence-corrected chi connectivity index (χ4v) is 3.07. The highest BCUT2D eigenvalue weighted by Crippen LogP contribution is 2.17. The zero-order valence-corrected chi connectivity index (χ0v) is 11.4. The number of hydrogen-bond acceptors (Lipinski definition) is 3. The van der Waals surface area contributed by atoms with Gasteiger partial charge < -0.3 is 15.5 Å². The van der Waals surface area contributed by atoms with E-state index in [-0.39, 0.29) is 0 Å². The molecule has 3 heteroatoms. The van der Waals surface area contributed by atoms with E-state index in [4.69, 9.17) is 0 Å². The number of nitrogens with zero attached hydrogens (tertiary/aromatic N) is 1. The van der Waals surface area contributed by atoms with Crippen molar-refractivity contribution < 1.29 is 0 Å². The third-order valence-electron chi connectivity index (χ3n) is 4.14. The number of rotatable bonds is 5. The summed E-state index contributed by atoms with van der Waals surface area (Å²) in [6.45, 7) is 9.65. The first-order chi connectivity index (χ1) is 8.34. The molecule has 1 aliphatic heterocycles. The van der Waals surface area contributed by atoms with Gasteiger partial charge in [-0.1, -0.05) is 26.2 Å². The van der Waals surface area contributed by atoms with Gasteiger partial charge in [-0.25, -0.2) is 0 Å². The molecule has 1 saturated carbocycles. The quantitative estimate of drug-likeness (QED) is 0.760. The van der Waals surface area contributed by atoms with Crippen molar-refractivity contribution in [2.45, 2.75) is 45.1 Å². The standard InChI is InChI=1S/C14H29N3/c1-13(12-17-9-7-15-8-10-17)11-16-14-5-3-2-4-6-14/h13-16H,2-12H2,1H3. The Balaban J connectivity index is 1.57. The molecule has 1 atom stereocenters. The summed E-state index contributed by atoms with van der Waals surface area (Å²) >= 11 is 0. The van der Waals surface area contributed by atoms with Crippen LogP contribution in [0, 0.1) is 5.92 Å². The van der Waals surface area contributed by atoms with Crippen LogP contribution in [0.1, 0.15) is 39.0 Å². The topological polar surface area (TPSA) is 27.3 Å². The lowest BCUT2D eigenvalue weighted by molar-refractivity contribution is 0.205. The van der Waals surface area contributed by atoms with Gasteiger partial charge in [0.15, 0.2) is 0 Å². The summed E-state index contributed by atoms with van der Waals surface area (Å²) in [5, 5.41) is 7.18. The maximum absolute atomic E-state index is 3.77. The third-order valence-corrected chi connectivity index (χ3v) is 4.14. The van der Waals surface area contributed by atoms with E-state index < -0.39 is 0 Å². The lowest BCUT2D eigenvalue weighted by Crippen LogP contribution is -2.46. The molecule has 2 N–H and O–H groups in total. The second-order valence-corrected chi connectivity index (χ2v) is 5.90. The molecule has 0 aromatic heterocycles. The summed E-state index contributed by atoms with van der Waals surface area (Å²) in [7, 11) is 0. The minimum absolute atomic E-state index is 0.787. The van der Waals surface area contributed by atoms with Crippen molar-refractivity contribution in [3.8, 4) is 0 Å². The molecule has 0 aromatic carbocycles. The number of hydrogen-bond donors (Lipinski definition) is 2. The van der Waals surface area contributed by atoms with E-state index in [9.17, 15) is 0 Å². The van der Waals surface area contributed by atoms with Gasteiger partial charge in [0.25, 0.3) is 0 Å². The van der Waals surface area contributed by atoms with Gasteiger partial charge in [-0.3, -0.25) is 0 Å². The van der Waals surface area contributed by atoms with Gasteiger partial charge in [-0.15, -0.1) is 0 Å². The highest BCUT2D eigenvalue weighted by molar-refractivity contribution is 4.75. The first-order valence-corrected chi connectivity index (χ1v) is 7.51. The van der Waals surface area contributed by atoms with Gasteiger partial charge in [0.05, 0.1) is 0 Å². The predicted molar refractivity (Wildman–Crippen MR) is 73.3 cm³/mol. The zero-order chi connectivity index (χ0) is 11.9. The van der Waals surface area contributed by atoms with E-state index in [1.165, 1.54) is 71.4 Å². The van der Waals surface area contributed by atoms with Crippen molar-refractivity contribution in [2.75, 3.05) is 39.3 Å². The van der Waals surface area contributed by atoms with Crippen LogP contribution in [0.2, 0.25) is 0 Å². The second-order valence-electron chi connectivity index (χ2n) is 5.90. The number of piperazine rings is 1. The van der Waals surface area contributed by atoms with Gasteiger partial charge in [0.1, 0.15) is 0 Å². The van der Waals surface area contributed by atoms with Crippen LogP contribution in [0.5, 0.6) is 0 Å². The number of nitrogens with one attached hydrogen (secondary N) is 2. The molecular weight excluding hydrogens is 210 g/mol. The third kappa shape index (κ3) is 4.94. The van der Waals surface area contributed by atoms with E-state index >= 15 is 0 Å². The van der Waals surface area contributed by atoms with Crippen molar-refractivity contribution in [3.63, 3.8) is 0 Å². The molecule has 2 rings (SSSR count). The van der Waals surface area contributed by atoms with E-state index in [2.05, 4.69) is 22.5 Å². The Bertz CT molecular complexity index is 196. The minimum Gasteiger partial charge on any atom is -0.314 e. The highest BCUT2D eigenvalue weighted by atomic mass is 15.2. The largest absolute Gasteiger partial charge is 0.314 e. The van der Waals surface area contributed by atoms with Crippen LogP contribution >= 0.6 is 0 Å². The van der Waals surface area contributed by atoms with Crippen molar-refractivity contribution in [1.29, 1.82) is 0 Å². The molecule has 0 aromatic rings. The van der Waals surface area contributed by atoms with Gasteiger partial charge in [-0.2, -0.15) is 0 Å². The molecule has 100 valence electrons.